The first-order valence-corrected chi connectivity index (χ1v) is 10.1. The summed E-state index contributed by atoms with van der Waals surface area (Å²) in [6.07, 6.45) is 10.7. The maximum absolute atomic E-state index is 5.72. The number of hydrogen-bond acceptors (Lipinski definition) is 7. The van der Waals surface area contributed by atoms with E-state index >= 15 is 0 Å². The van der Waals surface area contributed by atoms with Crippen LogP contribution in [-0.2, 0) is 4.74 Å². The lowest BCUT2D eigenvalue weighted by Crippen LogP contribution is -2.36. The molecule has 1 saturated heterocycles. The van der Waals surface area contributed by atoms with Crippen LogP contribution in [0.3, 0.4) is 0 Å². The van der Waals surface area contributed by atoms with Crippen LogP contribution in [0.15, 0.2) is 22.9 Å². The predicted octanol–water partition coefficient (Wildman–Crippen LogP) is 3.66. The standard InChI is InChI=1S/C20H29N5O2/c1-26-14-12-22-18-16(9-5-11-21-18)19-23-20(27-24-19)17-10-6-13-25(17)15-7-3-2-4-8-15/h5,9,11,15,17H,2-4,6-8,10,12-14H2,1H3,(H,21,22)/t17-/m1/s1. The van der Waals surface area contributed by atoms with Crippen molar-refractivity contribution in [3.8, 4) is 11.4 Å². The van der Waals surface area contributed by atoms with Crippen molar-refractivity contribution < 1.29 is 9.26 Å². The number of nitrogens with zero attached hydrogens (tertiary/aromatic N) is 4. The normalized spacial score (nSPS) is 21.6. The van der Waals surface area contributed by atoms with E-state index in [2.05, 4.69) is 20.4 Å². The topological polar surface area (TPSA) is 76.3 Å². The fraction of sp³-hybridized carbons (Fsp3) is 0.650. The van der Waals surface area contributed by atoms with E-state index < -0.39 is 0 Å². The minimum Gasteiger partial charge on any atom is -0.383 e. The number of anilines is 1. The van der Waals surface area contributed by atoms with E-state index in [1.54, 1.807) is 13.3 Å². The number of nitrogens with one attached hydrogen (secondary N) is 1. The molecule has 1 N–H and O–H groups in total. The molecule has 2 fully saturated rings. The number of ether oxygens (including phenoxy) is 1. The molecule has 0 spiro atoms. The van der Waals surface area contributed by atoms with E-state index in [0.717, 1.165) is 30.2 Å². The molecule has 27 heavy (non-hydrogen) atoms. The molecule has 146 valence electrons. The first-order chi connectivity index (χ1) is 13.4. The number of hydrogen-bond donors (Lipinski definition) is 1. The van der Waals surface area contributed by atoms with Gasteiger partial charge >= 0.3 is 0 Å². The Bertz CT molecular complexity index is 729. The zero-order valence-electron chi connectivity index (χ0n) is 16.1. The highest BCUT2D eigenvalue weighted by Gasteiger charge is 2.35. The Morgan fingerprint density at radius 1 is 1.22 bits per heavy atom. The minimum absolute atomic E-state index is 0.260. The highest BCUT2D eigenvalue weighted by molar-refractivity contribution is 5.69. The second-order valence-electron chi connectivity index (χ2n) is 7.46. The number of methoxy groups -OCH3 is 1. The van der Waals surface area contributed by atoms with Crippen LogP contribution in [0.1, 0.15) is 56.9 Å². The zero-order chi connectivity index (χ0) is 18.5. The molecule has 1 saturated carbocycles. The van der Waals surface area contributed by atoms with Crippen molar-refractivity contribution in [2.45, 2.75) is 57.0 Å². The molecule has 0 bridgehead atoms. The summed E-state index contributed by atoms with van der Waals surface area (Å²) >= 11 is 0. The molecule has 2 aromatic heterocycles. The van der Waals surface area contributed by atoms with Gasteiger partial charge in [0.05, 0.1) is 18.2 Å². The lowest BCUT2D eigenvalue weighted by molar-refractivity contribution is 0.121. The Morgan fingerprint density at radius 3 is 2.96 bits per heavy atom. The van der Waals surface area contributed by atoms with Crippen LogP contribution in [0.25, 0.3) is 11.4 Å². The molecule has 7 heteroatoms. The third-order valence-corrected chi connectivity index (χ3v) is 5.71. The monoisotopic (exact) mass is 371 g/mol. The Morgan fingerprint density at radius 2 is 2.11 bits per heavy atom. The van der Waals surface area contributed by atoms with Gasteiger partial charge in [0.2, 0.25) is 11.7 Å². The van der Waals surface area contributed by atoms with Crippen molar-refractivity contribution in [2.24, 2.45) is 0 Å². The van der Waals surface area contributed by atoms with Crippen molar-refractivity contribution in [1.29, 1.82) is 0 Å². The van der Waals surface area contributed by atoms with E-state index in [9.17, 15) is 0 Å². The molecule has 4 rings (SSSR count). The Balaban J connectivity index is 1.51. The molecular weight excluding hydrogens is 342 g/mol. The smallest absolute Gasteiger partial charge is 0.244 e. The van der Waals surface area contributed by atoms with Crippen LogP contribution in [0.5, 0.6) is 0 Å². The third-order valence-electron chi connectivity index (χ3n) is 5.71. The van der Waals surface area contributed by atoms with Gasteiger partial charge in [-0.1, -0.05) is 24.4 Å². The third kappa shape index (κ3) is 4.14. The SMILES string of the molecule is COCCNc1ncccc1-c1noc([C@H]2CCCN2C2CCCCC2)n1. The number of pyridine rings is 1. The van der Waals surface area contributed by atoms with Crippen molar-refractivity contribution >= 4 is 5.82 Å². The number of likely N-dealkylation sites (tertiary alicyclic amines) is 1. The van der Waals surface area contributed by atoms with Gasteiger partial charge in [0.25, 0.3) is 0 Å². The predicted molar refractivity (Wildman–Crippen MR) is 103 cm³/mol. The van der Waals surface area contributed by atoms with E-state index in [1.165, 1.54) is 38.5 Å². The van der Waals surface area contributed by atoms with Crippen LogP contribution in [0.4, 0.5) is 5.82 Å². The molecule has 1 atom stereocenters. The van der Waals surface area contributed by atoms with Gasteiger partial charge in [-0.15, -0.1) is 0 Å². The van der Waals surface area contributed by atoms with E-state index in [-0.39, 0.29) is 6.04 Å². The lowest BCUT2D eigenvalue weighted by Gasteiger charge is -2.34. The lowest BCUT2D eigenvalue weighted by atomic mass is 9.94. The summed E-state index contributed by atoms with van der Waals surface area (Å²) in [5.41, 5.74) is 0.866. The molecule has 0 unspecified atom stereocenters. The molecule has 2 aliphatic rings. The number of aromatic nitrogens is 3. The van der Waals surface area contributed by atoms with E-state index in [1.807, 2.05) is 12.1 Å². The second kappa shape index (κ2) is 8.80. The summed E-state index contributed by atoms with van der Waals surface area (Å²) < 4.78 is 10.8. The number of rotatable bonds is 7. The van der Waals surface area contributed by atoms with Gasteiger partial charge in [-0.2, -0.15) is 4.98 Å². The summed E-state index contributed by atoms with van der Waals surface area (Å²) in [6.45, 7) is 2.44. The maximum atomic E-state index is 5.72. The minimum atomic E-state index is 0.260. The molecule has 0 aromatic carbocycles. The van der Waals surface area contributed by atoms with Gasteiger partial charge in [0.15, 0.2) is 0 Å². The maximum Gasteiger partial charge on any atom is 0.244 e. The van der Waals surface area contributed by atoms with Crippen molar-refractivity contribution in [3.63, 3.8) is 0 Å². The molecular formula is C20H29N5O2. The summed E-state index contributed by atoms with van der Waals surface area (Å²) in [5, 5.41) is 7.56. The Kier molecular flexibility index (Phi) is 5.99. The second-order valence-corrected chi connectivity index (χ2v) is 7.46. The van der Waals surface area contributed by atoms with Crippen molar-refractivity contribution in [3.05, 3.63) is 24.2 Å². The fourth-order valence-corrected chi connectivity index (χ4v) is 4.38. The fourth-order valence-electron chi connectivity index (χ4n) is 4.38. The van der Waals surface area contributed by atoms with Crippen LogP contribution < -0.4 is 5.32 Å². The largest absolute Gasteiger partial charge is 0.383 e. The summed E-state index contributed by atoms with van der Waals surface area (Å²) in [7, 11) is 1.69. The first-order valence-electron chi connectivity index (χ1n) is 10.1. The van der Waals surface area contributed by atoms with Crippen LogP contribution in [0.2, 0.25) is 0 Å². The molecule has 0 radical (unpaired) electrons. The van der Waals surface area contributed by atoms with Gasteiger partial charge < -0.3 is 14.6 Å². The molecule has 1 aliphatic heterocycles. The molecule has 0 amide bonds. The van der Waals surface area contributed by atoms with Crippen LogP contribution in [0, 0.1) is 0 Å². The van der Waals surface area contributed by atoms with Gasteiger partial charge in [-0.3, -0.25) is 4.90 Å². The van der Waals surface area contributed by atoms with Crippen molar-refractivity contribution in [1.82, 2.24) is 20.0 Å². The molecule has 1 aliphatic carbocycles. The van der Waals surface area contributed by atoms with Crippen LogP contribution in [-0.4, -0.2) is 52.9 Å². The van der Waals surface area contributed by atoms with Gasteiger partial charge in [-0.25, -0.2) is 4.98 Å². The molecule has 7 nitrogen and oxygen atoms in total. The highest BCUT2D eigenvalue weighted by atomic mass is 16.5. The van der Waals surface area contributed by atoms with E-state index in [4.69, 9.17) is 14.2 Å². The summed E-state index contributed by atoms with van der Waals surface area (Å²) in [5.74, 6) is 2.12. The average Bonchev–Trinajstić information content (AvgIpc) is 3.39. The molecule has 2 aromatic rings. The summed E-state index contributed by atoms with van der Waals surface area (Å²) in [4.78, 5) is 11.8. The molecule has 3 heterocycles. The van der Waals surface area contributed by atoms with Gasteiger partial charge in [0.1, 0.15) is 5.82 Å². The first kappa shape index (κ1) is 18.4. The zero-order valence-corrected chi connectivity index (χ0v) is 16.1. The Hall–Kier alpha value is -1.99. The van der Waals surface area contributed by atoms with Gasteiger partial charge in [0, 0.05) is 25.9 Å². The van der Waals surface area contributed by atoms with Crippen molar-refractivity contribution in [2.75, 3.05) is 32.1 Å². The highest BCUT2D eigenvalue weighted by Crippen LogP contribution is 2.37. The van der Waals surface area contributed by atoms with E-state index in [0.29, 0.717) is 25.0 Å². The van der Waals surface area contributed by atoms with Gasteiger partial charge in [-0.05, 0) is 44.4 Å². The Labute approximate surface area is 160 Å². The quantitative estimate of drug-likeness (QED) is 0.744. The van der Waals surface area contributed by atoms with Crippen LogP contribution >= 0.6 is 0 Å². The summed E-state index contributed by atoms with van der Waals surface area (Å²) in [6, 6.07) is 4.81. The average molecular weight is 371 g/mol.